The van der Waals surface area contributed by atoms with Gasteiger partial charge in [0.05, 0.1) is 16.1 Å². The highest BCUT2D eigenvalue weighted by atomic mass is 32.2. The Morgan fingerprint density at radius 2 is 1.55 bits per heavy atom. The number of hydrogen-bond acceptors (Lipinski definition) is 8. The zero-order chi connectivity index (χ0) is 28.7. The van der Waals surface area contributed by atoms with Crippen molar-refractivity contribution in [1.29, 1.82) is 0 Å². The molecule has 0 saturated carbocycles. The van der Waals surface area contributed by atoms with Crippen molar-refractivity contribution in [2.24, 2.45) is 0 Å². The monoisotopic (exact) mass is 558 g/mol. The molecule has 0 saturated heterocycles. The lowest BCUT2D eigenvalue weighted by atomic mass is 10.1. The largest absolute Gasteiger partial charge is 0.369 e. The van der Waals surface area contributed by atoms with Gasteiger partial charge in [-0.15, -0.1) is 0 Å². The third-order valence-electron chi connectivity index (χ3n) is 5.80. The number of carbonyl (C=O) groups excluding carboxylic acids is 2. The van der Waals surface area contributed by atoms with Crippen molar-refractivity contribution in [3.05, 3.63) is 96.2 Å². The van der Waals surface area contributed by atoms with E-state index in [9.17, 15) is 18.0 Å². The molecule has 0 aliphatic heterocycles. The molecular weight excluding hydrogens is 528 g/mol. The molecule has 0 unspecified atom stereocenters. The number of hydrogen-bond donors (Lipinski definition) is 3. The third kappa shape index (κ3) is 7.49. The van der Waals surface area contributed by atoms with Gasteiger partial charge in [-0.3, -0.25) is 9.59 Å². The van der Waals surface area contributed by atoms with E-state index >= 15 is 0 Å². The standard InChI is InChI=1S/C29H30N6O4S/c1-35(2)17-16-30-26-19-25(32-27(34-26)20-10-5-4-6-11-20)29(37)33-24-15-8-7-14-23(24)28(36)31-21-12-9-13-22(18-21)40(3,38)39/h4-15,18-19H,16-17H2,1-3H3,(H,31,36)(H,33,37)(H,30,32,34). The summed E-state index contributed by atoms with van der Waals surface area (Å²) in [5.74, 6) is -0.148. The van der Waals surface area contributed by atoms with Crippen molar-refractivity contribution in [3.63, 3.8) is 0 Å². The molecule has 4 rings (SSSR count). The van der Waals surface area contributed by atoms with Crippen molar-refractivity contribution in [1.82, 2.24) is 14.9 Å². The second kappa shape index (κ2) is 12.5. The van der Waals surface area contributed by atoms with Crippen LogP contribution < -0.4 is 16.0 Å². The molecule has 0 radical (unpaired) electrons. The van der Waals surface area contributed by atoms with E-state index in [4.69, 9.17) is 0 Å². The van der Waals surface area contributed by atoms with Gasteiger partial charge >= 0.3 is 0 Å². The number of anilines is 3. The summed E-state index contributed by atoms with van der Waals surface area (Å²) in [7, 11) is 0.483. The lowest BCUT2D eigenvalue weighted by Crippen LogP contribution is -2.22. The molecule has 0 aliphatic carbocycles. The molecule has 2 amide bonds. The lowest BCUT2D eigenvalue weighted by molar-refractivity contribution is 0.102. The minimum atomic E-state index is -3.45. The molecule has 3 aromatic carbocycles. The first kappa shape index (κ1) is 28.4. The smallest absolute Gasteiger partial charge is 0.274 e. The molecule has 0 fully saturated rings. The quantitative estimate of drug-likeness (QED) is 0.266. The molecule has 0 atom stereocenters. The Morgan fingerprint density at radius 1 is 0.825 bits per heavy atom. The summed E-state index contributed by atoms with van der Waals surface area (Å²) in [6.45, 7) is 1.38. The van der Waals surface area contributed by atoms with Crippen molar-refractivity contribution >= 4 is 38.8 Å². The number of nitrogens with zero attached hydrogens (tertiary/aromatic N) is 3. The van der Waals surface area contributed by atoms with Gasteiger partial charge in [-0.1, -0.05) is 48.5 Å². The van der Waals surface area contributed by atoms with Crippen LogP contribution in [0.15, 0.2) is 89.8 Å². The van der Waals surface area contributed by atoms with E-state index in [0.717, 1.165) is 18.4 Å². The van der Waals surface area contributed by atoms with E-state index in [2.05, 4.69) is 25.9 Å². The Kier molecular flexibility index (Phi) is 8.87. The SMILES string of the molecule is CN(C)CCNc1cc(C(=O)Nc2ccccc2C(=O)Nc2cccc(S(C)(=O)=O)c2)nc(-c2ccccc2)n1. The molecule has 4 aromatic rings. The van der Waals surface area contributed by atoms with E-state index in [1.165, 1.54) is 12.1 Å². The number of nitrogens with one attached hydrogen (secondary N) is 3. The van der Waals surface area contributed by atoms with Gasteiger partial charge in [0.1, 0.15) is 11.5 Å². The van der Waals surface area contributed by atoms with Crippen LogP contribution in [0.5, 0.6) is 0 Å². The van der Waals surface area contributed by atoms with Crippen molar-refractivity contribution in [2.75, 3.05) is 49.4 Å². The highest BCUT2D eigenvalue weighted by molar-refractivity contribution is 7.90. The number of aromatic nitrogens is 2. The zero-order valence-corrected chi connectivity index (χ0v) is 23.2. The van der Waals surface area contributed by atoms with E-state index in [-0.39, 0.29) is 21.8 Å². The van der Waals surface area contributed by atoms with Crippen LogP contribution in [0.4, 0.5) is 17.2 Å². The summed E-state index contributed by atoms with van der Waals surface area (Å²) in [5.41, 5.74) is 1.65. The van der Waals surface area contributed by atoms with Gasteiger partial charge in [0, 0.05) is 36.7 Å². The highest BCUT2D eigenvalue weighted by Crippen LogP contribution is 2.22. The van der Waals surface area contributed by atoms with Gasteiger partial charge in [0.15, 0.2) is 15.7 Å². The second-order valence-corrected chi connectivity index (χ2v) is 11.3. The van der Waals surface area contributed by atoms with Gasteiger partial charge in [-0.05, 0) is 44.4 Å². The minimum absolute atomic E-state index is 0.0832. The molecule has 3 N–H and O–H groups in total. The average Bonchev–Trinajstić information content (AvgIpc) is 2.93. The van der Waals surface area contributed by atoms with Crippen LogP contribution >= 0.6 is 0 Å². The van der Waals surface area contributed by atoms with Crippen LogP contribution in [-0.2, 0) is 9.84 Å². The summed E-state index contributed by atoms with van der Waals surface area (Å²) >= 11 is 0. The molecule has 1 aromatic heterocycles. The first-order valence-corrected chi connectivity index (χ1v) is 14.3. The van der Waals surface area contributed by atoms with Gasteiger partial charge in [-0.2, -0.15) is 0 Å². The Morgan fingerprint density at radius 3 is 2.27 bits per heavy atom. The highest BCUT2D eigenvalue weighted by Gasteiger charge is 2.18. The normalized spacial score (nSPS) is 11.2. The summed E-state index contributed by atoms with van der Waals surface area (Å²) in [6, 6.07) is 23.4. The van der Waals surface area contributed by atoms with E-state index in [1.807, 2.05) is 49.3 Å². The van der Waals surface area contributed by atoms with Crippen LogP contribution in [-0.4, -0.2) is 68.5 Å². The van der Waals surface area contributed by atoms with Gasteiger partial charge in [0.2, 0.25) is 0 Å². The predicted molar refractivity (Wildman–Crippen MR) is 156 cm³/mol. The Labute approximate surface area is 233 Å². The van der Waals surface area contributed by atoms with Gasteiger partial charge in [0.25, 0.3) is 11.8 Å². The Hall–Kier alpha value is -4.61. The van der Waals surface area contributed by atoms with Crippen molar-refractivity contribution in [2.45, 2.75) is 4.90 Å². The minimum Gasteiger partial charge on any atom is -0.369 e. The topological polar surface area (TPSA) is 133 Å². The number of amides is 2. The lowest BCUT2D eigenvalue weighted by Gasteiger charge is -2.14. The predicted octanol–water partition coefficient (Wildman–Crippen LogP) is 4.03. The fourth-order valence-corrected chi connectivity index (χ4v) is 4.42. The third-order valence-corrected chi connectivity index (χ3v) is 6.91. The van der Waals surface area contributed by atoms with Crippen LogP contribution in [0.25, 0.3) is 11.4 Å². The summed E-state index contributed by atoms with van der Waals surface area (Å²) in [6.07, 6.45) is 1.10. The maximum Gasteiger partial charge on any atom is 0.274 e. The molecule has 1 heterocycles. The van der Waals surface area contributed by atoms with Crippen LogP contribution in [0, 0.1) is 0 Å². The molecule has 10 nitrogen and oxygen atoms in total. The van der Waals surface area contributed by atoms with E-state index < -0.39 is 21.7 Å². The van der Waals surface area contributed by atoms with Crippen LogP contribution in [0.1, 0.15) is 20.8 Å². The number of carbonyl (C=O) groups is 2. The Balaban J connectivity index is 1.59. The van der Waals surface area contributed by atoms with Gasteiger partial charge < -0.3 is 20.9 Å². The summed E-state index contributed by atoms with van der Waals surface area (Å²) in [4.78, 5) is 37.7. The summed E-state index contributed by atoms with van der Waals surface area (Å²) in [5, 5.41) is 8.73. The molecular formula is C29H30N6O4S. The molecule has 0 bridgehead atoms. The number of sulfone groups is 1. The van der Waals surface area contributed by atoms with Crippen molar-refractivity contribution < 1.29 is 18.0 Å². The number of likely N-dealkylation sites (N-methyl/N-ethyl adjacent to an activating group) is 1. The fraction of sp³-hybridized carbons (Fsp3) is 0.172. The Bertz CT molecular complexity index is 1620. The molecule has 0 spiro atoms. The van der Waals surface area contributed by atoms with E-state index in [0.29, 0.717) is 23.9 Å². The molecule has 0 aliphatic rings. The number of para-hydroxylation sites is 1. The maximum absolute atomic E-state index is 13.4. The maximum atomic E-state index is 13.4. The zero-order valence-electron chi connectivity index (χ0n) is 22.4. The molecule has 11 heteroatoms. The first-order valence-electron chi connectivity index (χ1n) is 12.4. The average molecular weight is 559 g/mol. The molecule has 206 valence electrons. The van der Waals surface area contributed by atoms with Gasteiger partial charge in [-0.25, -0.2) is 18.4 Å². The second-order valence-electron chi connectivity index (χ2n) is 9.31. The number of rotatable bonds is 10. The first-order chi connectivity index (χ1) is 19.1. The molecule has 40 heavy (non-hydrogen) atoms. The fourth-order valence-electron chi connectivity index (χ4n) is 3.76. The number of benzene rings is 3. The summed E-state index contributed by atoms with van der Waals surface area (Å²) < 4.78 is 23.8. The van der Waals surface area contributed by atoms with Crippen LogP contribution in [0.2, 0.25) is 0 Å². The van der Waals surface area contributed by atoms with Crippen molar-refractivity contribution in [3.8, 4) is 11.4 Å². The van der Waals surface area contributed by atoms with E-state index in [1.54, 1.807) is 42.5 Å². The van der Waals surface area contributed by atoms with Crippen LogP contribution in [0.3, 0.4) is 0 Å².